The summed E-state index contributed by atoms with van der Waals surface area (Å²) in [5.74, 6) is 1.48. The van der Waals surface area contributed by atoms with Crippen molar-refractivity contribution in [2.45, 2.75) is 380 Å². The van der Waals surface area contributed by atoms with Gasteiger partial charge in [0, 0.05) is 52.9 Å². The van der Waals surface area contributed by atoms with Gasteiger partial charge in [0.05, 0.1) is 60.1 Å². The summed E-state index contributed by atoms with van der Waals surface area (Å²) in [6.07, 6.45) is 7.52. The lowest BCUT2D eigenvalue weighted by atomic mass is 9.81. The van der Waals surface area contributed by atoms with E-state index in [0.717, 1.165) is 88.8 Å². The molecule has 0 amide bonds. The maximum atomic E-state index is 12.2. The zero-order valence-corrected chi connectivity index (χ0v) is 80.1. The van der Waals surface area contributed by atoms with Gasteiger partial charge >= 0.3 is 64.1 Å². The Bertz CT molecular complexity index is 2230. The van der Waals surface area contributed by atoms with Crippen molar-refractivity contribution in [3.05, 3.63) is 0 Å². The van der Waals surface area contributed by atoms with Crippen molar-refractivity contribution < 1.29 is 83.1 Å². The van der Waals surface area contributed by atoms with Crippen LogP contribution in [0, 0.1) is 62.6 Å². The van der Waals surface area contributed by atoms with Crippen molar-refractivity contribution in [3.8, 4) is 0 Å². The molecule has 0 atom stereocenters. The highest BCUT2D eigenvalue weighted by atomic mass is 28.4. The van der Waals surface area contributed by atoms with Gasteiger partial charge < -0.3 is 59.1 Å². The molecule has 0 N–H and O–H groups in total. The molecule has 0 aliphatic heterocycles. The largest absolute Gasteiger partial charge is 0.465 e. The fraction of sp³-hybridized carbons (Fsp3) is 0.940. The van der Waals surface area contributed by atoms with Crippen molar-refractivity contribution in [1.82, 2.24) is 0 Å². The number of ether oxygens (including phenoxy) is 5. The summed E-state index contributed by atoms with van der Waals surface area (Å²) in [4.78, 5) is 60.4. The van der Waals surface area contributed by atoms with Crippen LogP contribution in [0.2, 0.25) is 46.3 Å². The van der Waals surface area contributed by atoms with Gasteiger partial charge in [-0.2, -0.15) is 0 Å². The number of hydrogen-bond donors (Lipinski definition) is 0. The summed E-state index contributed by atoms with van der Waals surface area (Å²) in [5.41, 5.74) is -0.627. The number of esters is 5. The number of carbonyl (C=O) groups is 5. The van der Waals surface area contributed by atoms with Crippen LogP contribution in [0.5, 0.6) is 0 Å². The van der Waals surface area contributed by atoms with Gasteiger partial charge in [0.15, 0.2) is 0 Å². The van der Waals surface area contributed by atoms with Crippen LogP contribution in [0.1, 0.15) is 322 Å². The predicted molar refractivity (Wildman–Crippen MR) is 452 cm³/mol. The Balaban J connectivity index is -0.000000296. The molecule has 638 valence electrons. The molecule has 0 aliphatic carbocycles. The zero-order valence-electron chi connectivity index (χ0n) is 76.1. The molecule has 22 heteroatoms. The molecule has 0 heterocycles. The molecule has 0 aromatic rings. The van der Waals surface area contributed by atoms with Crippen LogP contribution in [-0.4, -0.2) is 150 Å². The van der Waals surface area contributed by atoms with Crippen molar-refractivity contribution in [3.63, 3.8) is 0 Å². The third-order valence-electron chi connectivity index (χ3n) is 21.6. The SMILES string of the molecule is C.CC(C)CCCOC(=O)C(C)(C)C(C)C.CC(C)O[Si](CCCOC(=O)C(C)(C)C(C)C)(OC(C)C)C(C)C.CCCO[Si](CCCOC(=O)C(C)(C)C(C)C)(OCCC)C(C)C.CCO[Si](CCCOC(=O)C(C)(C)C(C)C)(OCC)C(C)C.CO[Si](CCCOC(=O)C(C)(C)C(C)C)(OC)C(C)C. The third-order valence-corrected chi connectivity index (χ3v) is 38.9. The molecular weight excluding hydrogens is 1410 g/mol. The highest BCUT2D eigenvalue weighted by Gasteiger charge is 2.46. The van der Waals surface area contributed by atoms with Gasteiger partial charge in [0.1, 0.15) is 0 Å². The first-order chi connectivity index (χ1) is 48.0. The number of rotatable bonds is 50. The topological polar surface area (TPSA) is 205 Å². The van der Waals surface area contributed by atoms with E-state index in [1.165, 1.54) is 0 Å². The maximum Gasteiger partial charge on any atom is 0.341 e. The molecule has 106 heavy (non-hydrogen) atoms. The predicted octanol–water partition coefficient (Wildman–Crippen LogP) is 23.2. The van der Waals surface area contributed by atoms with E-state index < -0.39 is 55.9 Å². The van der Waals surface area contributed by atoms with E-state index >= 15 is 0 Å². The molecule has 0 aromatic carbocycles. The molecule has 0 aromatic heterocycles. The van der Waals surface area contributed by atoms with E-state index in [2.05, 4.69) is 138 Å². The van der Waals surface area contributed by atoms with Gasteiger partial charge in [0.2, 0.25) is 0 Å². The molecule has 0 bridgehead atoms. The molecule has 0 rings (SSSR count). The quantitative estimate of drug-likeness (QED) is 0.0240. The molecule has 0 radical (unpaired) electrons. The Morgan fingerprint density at radius 2 is 0.500 bits per heavy atom. The van der Waals surface area contributed by atoms with E-state index in [0.29, 0.717) is 80.2 Å². The first kappa shape index (κ1) is 115. The molecular formula is C84H178O18Si4. The Hall–Kier alpha value is -2.10. The van der Waals surface area contributed by atoms with Crippen LogP contribution in [-0.2, 0) is 83.1 Å². The summed E-state index contributed by atoms with van der Waals surface area (Å²) in [5, 5.41) is 0. The fourth-order valence-corrected chi connectivity index (χ4v) is 22.9. The minimum Gasteiger partial charge on any atom is -0.465 e. The Morgan fingerprint density at radius 1 is 0.292 bits per heavy atom. The highest BCUT2D eigenvalue weighted by Crippen LogP contribution is 2.37. The van der Waals surface area contributed by atoms with E-state index in [1.54, 1.807) is 14.2 Å². The van der Waals surface area contributed by atoms with Crippen LogP contribution < -0.4 is 0 Å². The van der Waals surface area contributed by atoms with Gasteiger partial charge in [-0.1, -0.05) is 160 Å². The molecule has 0 saturated carbocycles. The first-order valence-corrected chi connectivity index (χ1v) is 49.3. The Kier molecular flexibility index (Phi) is 61.7. The number of carbonyl (C=O) groups excluding carboxylic acids is 5. The van der Waals surface area contributed by atoms with Crippen molar-refractivity contribution in [1.29, 1.82) is 0 Å². The van der Waals surface area contributed by atoms with Gasteiger partial charge in [-0.15, -0.1) is 0 Å². The third kappa shape index (κ3) is 43.2. The van der Waals surface area contributed by atoms with Crippen LogP contribution in [0.4, 0.5) is 0 Å². The average Bonchev–Trinajstić information content (AvgIpc) is 0.829. The minimum absolute atomic E-state index is 0. The van der Waals surface area contributed by atoms with Gasteiger partial charge in [-0.05, 0) is 244 Å². The lowest BCUT2D eigenvalue weighted by Crippen LogP contribution is -2.48. The molecule has 0 aliphatic rings. The summed E-state index contributed by atoms with van der Waals surface area (Å²) < 4.78 is 75.6. The average molecular weight is 1590 g/mol. The van der Waals surface area contributed by atoms with Crippen molar-refractivity contribution >= 4 is 64.1 Å². The highest BCUT2D eigenvalue weighted by molar-refractivity contribution is 6.70. The lowest BCUT2D eigenvalue weighted by Gasteiger charge is -2.37. The standard InChI is InChI=1S/2C19H40O4Si.C17H36O4Si.C15H32O4Si.C13H26O2.CH4/c1-14(2)19(9,10)18(20)21-12-11-13-24(17(7)8,22-15(3)4)23-16(5)6;1-9-12-22-24(17(5)6,23-13-10-2)15-11-14-21-18(20)19(7,8)16(3)4;1-9-20-22(15(5)6,21-10-2)13-11-12-19-16(18)17(7,8)14(3)4;1-12(2)15(5,6)14(16)19-10-9-11-20(17-7,18-8)13(3)4;1-10(2)8-7-9-15-12(14)13(5,6)11(3)4;/h14-17H,11-13H2,1-10H3;16-17H,9-15H2,1-8H3;14-15H,9-13H2,1-8H3;12-13H,9-11H2,1-8H3;10-11H,7-9H2,1-6H3;1H4. The van der Waals surface area contributed by atoms with Gasteiger partial charge in [0.25, 0.3) is 0 Å². The second kappa shape index (κ2) is 57.0. The smallest absolute Gasteiger partial charge is 0.341 e. The fourth-order valence-electron chi connectivity index (χ4n) is 9.90. The van der Waals surface area contributed by atoms with Crippen LogP contribution in [0.15, 0.2) is 0 Å². The molecule has 18 nitrogen and oxygen atoms in total. The zero-order chi connectivity index (χ0) is 83.4. The summed E-state index contributed by atoms with van der Waals surface area (Å²) in [7, 11) is -5.51. The molecule has 0 unspecified atom stereocenters. The minimum atomic E-state index is -2.33. The van der Waals surface area contributed by atoms with Gasteiger partial charge in [-0.3, -0.25) is 24.0 Å². The van der Waals surface area contributed by atoms with Crippen LogP contribution in [0.3, 0.4) is 0 Å². The van der Waals surface area contributed by atoms with Gasteiger partial charge in [-0.25, -0.2) is 0 Å². The molecule has 0 spiro atoms. The maximum absolute atomic E-state index is 12.2. The molecule has 0 saturated heterocycles. The normalized spacial score (nSPS) is 12.9. The Morgan fingerprint density at radius 3 is 0.679 bits per heavy atom. The number of hydrogen-bond acceptors (Lipinski definition) is 18. The summed E-state index contributed by atoms with van der Waals surface area (Å²) in [6.45, 7) is 83.1. The van der Waals surface area contributed by atoms with Crippen LogP contribution in [0.25, 0.3) is 0 Å². The monoisotopic (exact) mass is 1590 g/mol. The Labute approximate surface area is 660 Å². The second-order valence-corrected chi connectivity index (χ2v) is 50.7. The molecule has 0 fully saturated rings. The van der Waals surface area contributed by atoms with Crippen molar-refractivity contribution in [2.24, 2.45) is 62.6 Å². The van der Waals surface area contributed by atoms with Crippen LogP contribution >= 0.6 is 0 Å². The summed E-state index contributed by atoms with van der Waals surface area (Å²) in [6, 6.07) is 3.42. The lowest BCUT2D eigenvalue weighted by molar-refractivity contribution is -0.157. The summed E-state index contributed by atoms with van der Waals surface area (Å²) >= 11 is 0. The van der Waals surface area contributed by atoms with E-state index in [-0.39, 0.29) is 78.6 Å². The first-order valence-electron chi connectivity index (χ1n) is 40.9. The van der Waals surface area contributed by atoms with E-state index in [9.17, 15) is 24.0 Å². The van der Waals surface area contributed by atoms with E-state index in [1.807, 2.05) is 125 Å². The second-order valence-electron chi connectivity index (χ2n) is 35.2. The van der Waals surface area contributed by atoms with Crippen molar-refractivity contribution in [2.75, 3.05) is 73.7 Å². The van der Waals surface area contributed by atoms with E-state index in [4.69, 9.17) is 59.1 Å².